The van der Waals surface area contributed by atoms with Crippen molar-refractivity contribution in [3.05, 3.63) is 29.8 Å². The summed E-state index contributed by atoms with van der Waals surface area (Å²) in [7, 11) is -3.21. The molecule has 0 saturated carbocycles. The lowest BCUT2D eigenvalue weighted by Gasteiger charge is -2.18. The van der Waals surface area contributed by atoms with Gasteiger partial charge >= 0.3 is 0 Å². The third-order valence-corrected chi connectivity index (χ3v) is 5.79. The van der Waals surface area contributed by atoms with Gasteiger partial charge in [-0.05, 0) is 24.5 Å². The van der Waals surface area contributed by atoms with Crippen LogP contribution in [0.4, 0.5) is 0 Å². The predicted molar refractivity (Wildman–Crippen MR) is 75.1 cm³/mol. The summed E-state index contributed by atoms with van der Waals surface area (Å²) in [5.74, 6) is 0.101. The summed E-state index contributed by atoms with van der Waals surface area (Å²) in [6.45, 7) is 1.84. The third kappa shape index (κ3) is 2.45. The molecule has 0 radical (unpaired) electrons. The quantitative estimate of drug-likeness (QED) is 0.892. The van der Waals surface area contributed by atoms with Gasteiger partial charge in [0.05, 0.1) is 17.2 Å². The molecule has 6 heteroatoms. The molecular weight excluding hydrogens is 276 g/mol. The number of likely N-dealkylation sites (tertiary alicyclic amines) is 1. The van der Waals surface area contributed by atoms with Crippen molar-refractivity contribution in [2.24, 2.45) is 0 Å². The van der Waals surface area contributed by atoms with Gasteiger partial charge in [0.25, 0.3) is 0 Å². The highest BCUT2D eigenvalue weighted by Crippen LogP contribution is 2.32. The lowest BCUT2D eigenvalue weighted by atomic mass is 10.1. The summed E-state index contributed by atoms with van der Waals surface area (Å²) in [5, 5.41) is 3.10. The largest absolute Gasteiger partial charge is 0.342 e. The van der Waals surface area contributed by atoms with Crippen LogP contribution in [-0.2, 0) is 14.6 Å². The zero-order valence-electron chi connectivity index (χ0n) is 11.2. The van der Waals surface area contributed by atoms with Crippen LogP contribution in [0.2, 0.25) is 0 Å². The van der Waals surface area contributed by atoms with Crippen molar-refractivity contribution in [3.8, 4) is 0 Å². The monoisotopic (exact) mass is 294 g/mol. The molecule has 0 aromatic heterocycles. The molecule has 3 rings (SSSR count). The van der Waals surface area contributed by atoms with Crippen LogP contribution in [0.5, 0.6) is 0 Å². The molecule has 1 amide bonds. The molecule has 2 aliphatic rings. The van der Waals surface area contributed by atoms with Crippen LogP contribution in [-0.4, -0.2) is 44.6 Å². The Morgan fingerprint density at radius 2 is 1.95 bits per heavy atom. The first-order valence-electron chi connectivity index (χ1n) is 6.91. The van der Waals surface area contributed by atoms with Crippen molar-refractivity contribution in [1.29, 1.82) is 0 Å². The normalized spacial score (nSPS) is 23.8. The molecular formula is C14H18N2O3S. The van der Waals surface area contributed by atoms with E-state index in [-0.39, 0.29) is 24.2 Å². The van der Waals surface area contributed by atoms with Crippen LogP contribution in [0.15, 0.2) is 29.2 Å². The summed E-state index contributed by atoms with van der Waals surface area (Å²) in [5.41, 5.74) is 0.779. The van der Waals surface area contributed by atoms with Crippen LogP contribution in [0.25, 0.3) is 0 Å². The molecule has 0 spiro atoms. The van der Waals surface area contributed by atoms with E-state index >= 15 is 0 Å². The summed E-state index contributed by atoms with van der Waals surface area (Å²) in [4.78, 5) is 14.2. The maximum absolute atomic E-state index is 12.0. The lowest BCUT2D eigenvalue weighted by Crippen LogP contribution is -2.38. The number of fused-ring (bicyclic) bond motifs is 1. The van der Waals surface area contributed by atoms with Gasteiger partial charge in [0.15, 0.2) is 9.84 Å². The fourth-order valence-electron chi connectivity index (χ4n) is 2.91. The van der Waals surface area contributed by atoms with E-state index < -0.39 is 9.84 Å². The van der Waals surface area contributed by atoms with Crippen molar-refractivity contribution in [2.75, 3.05) is 25.4 Å². The molecule has 5 nitrogen and oxygen atoms in total. The maximum atomic E-state index is 12.0. The molecule has 1 aromatic carbocycles. The number of sulfone groups is 1. The minimum absolute atomic E-state index is 0.0413. The van der Waals surface area contributed by atoms with E-state index in [0.29, 0.717) is 4.90 Å². The molecule has 1 aromatic rings. The average Bonchev–Trinajstić information content (AvgIpc) is 3.04. The van der Waals surface area contributed by atoms with Crippen LogP contribution in [0.1, 0.15) is 24.4 Å². The van der Waals surface area contributed by atoms with Crippen LogP contribution >= 0.6 is 0 Å². The van der Waals surface area contributed by atoms with E-state index in [4.69, 9.17) is 0 Å². The minimum atomic E-state index is -3.21. The Hall–Kier alpha value is -1.40. The Morgan fingerprint density at radius 1 is 1.25 bits per heavy atom. The first kappa shape index (κ1) is 13.6. The minimum Gasteiger partial charge on any atom is -0.342 e. The van der Waals surface area contributed by atoms with Gasteiger partial charge in [-0.3, -0.25) is 4.79 Å². The van der Waals surface area contributed by atoms with Crippen LogP contribution < -0.4 is 5.32 Å². The number of amides is 1. The summed E-state index contributed by atoms with van der Waals surface area (Å²) in [6.07, 6.45) is 2.12. The smallest absolute Gasteiger partial charge is 0.236 e. The molecule has 20 heavy (non-hydrogen) atoms. The van der Waals surface area contributed by atoms with Gasteiger partial charge in [-0.15, -0.1) is 0 Å². The topological polar surface area (TPSA) is 66.5 Å². The highest BCUT2D eigenvalue weighted by Gasteiger charge is 2.34. The van der Waals surface area contributed by atoms with Crippen molar-refractivity contribution in [1.82, 2.24) is 10.2 Å². The summed E-state index contributed by atoms with van der Waals surface area (Å²) < 4.78 is 24.1. The zero-order chi connectivity index (χ0) is 14.2. The fourth-order valence-corrected chi connectivity index (χ4v) is 4.68. The number of benzene rings is 1. The highest BCUT2D eigenvalue weighted by atomic mass is 32.2. The van der Waals surface area contributed by atoms with E-state index in [1.807, 2.05) is 17.0 Å². The highest BCUT2D eigenvalue weighted by molar-refractivity contribution is 7.91. The Morgan fingerprint density at radius 3 is 2.70 bits per heavy atom. The maximum Gasteiger partial charge on any atom is 0.236 e. The summed E-state index contributed by atoms with van der Waals surface area (Å²) >= 11 is 0. The van der Waals surface area contributed by atoms with E-state index in [2.05, 4.69) is 5.32 Å². The Labute approximate surface area is 118 Å². The molecule has 108 valence electrons. The number of nitrogens with zero attached hydrogens (tertiary/aromatic N) is 1. The number of rotatable bonds is 3. The molecule has 1 fully saturated rings. The molecule has 1 N–H and O–H groups in total. The van der Waals surface area contributed by atoms with E-state index in [1.165, 1.54) is 0 Å². The van der Waals surface area contributed by atoms with Crippen molar-refractivity contribution >= 4 is 15.7 Å². The predicted octanol–water partition coefficient (Wildman–Crippen LogP) is 0.727. The van der Waals surface area contributed by atoms with Gasteiger partial charge in [0, 0.05) is 19.1 Å². The first-order valence-corrected chi connectivity index (χ1v) is 8.56. The standard InChI is InChI=1S/C14H18N2O3S/c17-14(16-7-3-4-8-16)9-15-12-10-20(18,19)13-6-2-1-5-11(12)13/h1-2,5-6,12,15H,3-4,7-10H2. The van der Waals surface area contributed by atoms with E-state index in [0.717, 1.165) is 31.5 Å². The fraction of sp³-hybridized carbons (Fsp3) is 0.500. The van der Waals surface area contributed by atoms with Gasteiger partial charge in [-0.1, -0.05) is 18.2 Å². The number of carbonyl (C=O) groups excluding carboxylic acids is 1. The molecule has 0 aliphatic carbocycles. The second-order valence-electron chi connectivity index (χ2n) is 5.34. The molecule has 1 unspecified atom stereocenters. The Balaban J connectivity index is 1.69. The van der Waals surface area contributed by atoms with Crippen molar-refractivity contribution < 1.29 is 13.2 Å². The number of nitrogens with one attached hydrogen (secondary N) is 1. The zero-order valence-corrected chi connectivity index (χ0v) is 12.0. The average molecular weight is 294 g/mol. The van der Waals surface area contributed by atoms with Crippen LogP contribution in [0, 0.1) is 0 Å². The third-order valence-electron chi connectivity index (χ3n) is 3.97. The Kier molecular flexibility index (Phi) is 3.52. The molecule has 2 aliphatic heterocycles. The number of carbonyl (C=O) groups is 1. The molecule has 1 saturated heterocycles. The van der Waals surface area contributed by atoms with Gasteiger partial charge in [-0.25, -0.2) is 8.42 Å². The molecule has 2 heterocycles. The first-order chi connectivity index (χ1) is 9.58. The Bertz CT molecular complexity index is 621. The molecule has 1 atom stereocenters. The second kappa shape index (κ2) is 5.18. The van der Waals surface area contributed by atoms with Gasteiger partial charge < -0.3 is 10.2 Å². The van der Waals surface area contributed by atoms with Crippen molar-refractivity contribution in [3.63, 3.8) is 0 Å². The number of hydrogen-bond acceptors (Lipinski definition) is 4. The van der Waals surface area contributed by atoms with E-state index in [9.17, 15) is 13.2 Å². The summed E-state index contributed by atoms with van der Waals surface area (Å²) in [6, 6.07) is 6.74. The lowest BCUT2D eigenvalue weighted by molar-refractivity contribution is -0.129. The van der Waals surface area contributed by atoms with Gasteiger partial charge in [0.2, 0.25) is 5.91 Å². The molecule has 0 bridgehead atoms. The SMILES string of the molecule is O=C(CNC1CS(=O)(=O)c2ccccc21)N1CCCC1. The van der Waals surface area contributed by atoms with Gasteiger partial charge in [-0.2, -0.15) is 0 Å². The van der Waals surface area contributed by atoms with E-state index in [1.54, 1.807) is 12.1 Å². The van der Waals surface area contributed by atoms with Crippen LogP contribution in [0.3, 0.4) is 0 Å². The number of hydrogen-bond donors (Lipinski definition) is 1. The van der Waals surface area contributed by atoms with Gasteiger partial charge in [0.1, 0.15) is 0 Å². The van der Waals surface area contributed by atoms with Crippen molar-refractivity contribution in [2.45, 2.75) is 23.8 Å². The second-order valence-corrected chi connectivity index (χ2v) is 7.34.